The maximum absolute atomic E-state index is 12.6. The van der Waals surface area contributed by atoms with Crippen molar-refractivity contribution in [2.75, 3.05) is 5.32 Å². The Morgan fingerprint density at radius 2 is 1.81 bits per heavy atom. The highest BCUT2D eigenvalue weighted by molar-refractivity contribution is 7.17. The van der Waals surface area contributed by atoms with Crippen LogP contribution in [0, 0.1) is 6.92 Å². The Balaban J connectivity index is 1.52. The average molecular weight is 361 g/mol. The lowest BCUT2D eigenvalue weighted by Crippen LogP contribution is -2.11. The molecule has 0 bridgehead atoms. The molecule has 4 aromatic rings. The van der Waals surface area contributed by atoms with E-state index < -0.39 is 0 Å². The SMILES string of the molecule is Cc1nc(-c2ccccc2)sc1C(=O)Nc1ccc(-c2cnco2)cc1. The van der Waals surface area contributed by atoms with Gasteiger partial charge < -0.3 is 9.73 Å². The van der Waals surface area contributed by atoms with Gasteiger partial charge >= 0.3 is 0 Å². The van der Waals surface area contributed by atoms with Crippen LogP contribution in [0.3, 0.4) is 0 Å². The molecule has 4 rings (SSSR count). The number of nitrogens with one attached hydrogen (secondary N) is 1. The predicted octanol–water partition coefficient (Wildman–Crippen LogP) is 5.03. The molecule has 0 aliphatic heterocycles. The smallest absolute Gasteiger partial charge is 0.267 e. The van der Waals surface area contributed by atoms with Crippen LogP contribution >= 0.6 is 11.3 Å². The summed E-state index contributed by atoms with van der Waals surface area (Å²) < 4.78 is 5.27. The second kappa shape index (κ2) is 6.93. The molecule has 1 N–H and O–H groups in total. The Bertz CT molecular complexity index is 1020. The van der Waals surface area contributed by atoms with Crippen LogP contribution in [0.15, 0.2) is 71.6 Å². The Kier molecular flexibility index (Phi) is 4.33. The summed E-state index contributed by atoms with van der Waals surface area (Å²) in [7, 11) is 0. The van der Waals surface area contributed by atoms with Gasteiger partial charge in [0.05, 0.1) is 11.9 Å². The molecule has 2 aromatic heterocycles. The molecule has 0 fully saturated rings. The summed E-state index contributed by atoms with van der Waals surface area (Å²) in [5, 5.41) is 3.76. The van der Waals surface area contributed by atoms with Crippen LogP contribution in [0.5, 0.6) is 0 Å². The number of thiazole rings is 1. The molecule has 0 aliphatic rings. The van der Waals surface area contributed by atoms with Gasteiger partial charge in [0.2, 0.25) is 0 Å². The van der Waals surface area contributed by atoms with Crippen LogP contribution in [0.2, 0.25) is 0 Å². The van der Waals surface area contributed by atoms with Gasteiger partial charge in [-0.3, -0.25) is 4.79 Å². The number of oxazole rings is 1. The molecule has 26 heavy (non-hydrogen) atoms. The van der Waals surface area contributed by atoms with E-state index in [0.29, 0.717) is 16.3 Å². The maximum atomic E-state index is 12.6. The number of rotatable bonds is 4. The van der Waals surface area contributed by atoms with Crippen molar-refractivity contribution < 1.29 is 9.21 Å². The van der Waals surface area contributed by atoms with Crippen molar-refractivity contribution in [3.05, 3.63) is 77.8 Å². The summed E-state index contributed by atoms with van der Waals surface area (Å²) in [6.45, 7) is 1.85. The van der Waals surface area contributed by atoms with Gasteiger partial charge in [0.25, 0.3) is 5.91 Å². The van der Waals surface area contributed by atoms with Gasteiger partial charge in [-0.05, 0) is 31.2 Å². The van der Waals surface area contributed by atoms with Crippen molar-refractivity contribution in [2.24, 2.45) is 0 Å². The van der Waals surface area contributed by atoms with Crippen LogP contribution in [0.1, 0.15) is 15.4 Å². The number of anilines is 1. The Hall–Kier alpha value is -3.25. The van der Waals surface area contributed by atoms with Gasteiger partial charge in [0, 0.05) is 16.8 Å². The molecule has 0 saturated heterocycles. The van der Waals surface area contributed by atoms with Crippen molar-refractivity contribution in [1.82, 2.24) is 9.97 Å². The molecular weight excluding hydrogens is 346 g/mol. The Labute approximate surface area is 154 Å². The molecule has 0 aliphatic carbocycles. The van der Waals surface area contributed by atoms with Crippen molar-refractivity contribution >= 4 is 22.9 Å². The summed E-state index contributed by atoms with van der Waals surface area (Å²) in [6.07, 6.45) is 3.04. The van der Waals surface area contributed by atoms with Crippen LogP contribution in [-0.4, -0.2) is 15.9 Å². The van der Waals surface area contributed by atoms with Gasteiger partial charge in [0.15, 0.2) is 12.2 Å². The lowest BCUT2D eigenvalue weighted by molar-refractivity contribution is 0.103. The number of benzene rings is 2. The number of carbonyl (C=O) groups is 1. The summed E-state index contributed by atoms with van der Waals surface area (Å²) >= 11 is 1.39. The van der Waals surface area contributed by atoms with E-state index in [1.807, 2.05) is 61.5 Å². The second-order valence-electron chi connectivity index (χ2n) is 5.70. The molecule has 128 valence electrons. The fourth-order valence-corrected chi connectivity index (χ4v) is 3.54. The first-order valence-electron chi connectivity index (χ1n) is 8.04. The zero-order chi connectivity index (χ0) is 17.9. The van der Waals surface area contributed by atoms with Crippen molar-refractivity contribution in [1.29, 1.82) is 0 Å². The summed E-state index contributed by atoms with van der Waals surface area (Å²) in [5.41, 5.74) is 3.36. The molecular formula is C20H15N3O2S. The summed E-state index contributed by atoms with van der Waals surface area (Å²) in [6, 6.07) is 17.3. The molecule has 2 aromatic carbocycles. The number of amides is 1. The molecule has 0 radical (unpaired) electrons. The molecule has 2 heterocycles. The molecule has 1 amide bonds. The standard InChI is InChI=1S/C20H15N3O2S/c1-13-18(26-20(22-13)15-5-3-2-4-6-15)19(24)23-16-9-7-14(8-10-16)17-11-21-12-25-17/h2-12H,1H3,(H,23,24). The van der Waals surface area contributed by atoms with Gasteiger partial charge in [-0.15, -0.1) is 11.3 Å². The fourth-order valence-electron chi connectivity index (χ4n) is 2.58. The highest BCUT2D eigenvalue weighted by Crippen LogP contribution is 2.28. The van der Waals surface area contributed by atoms with Crippen molar-refractivity contribution in [2.45, 2.75) is 6.92 Å². The van der Waals surface area contributed by atoms with E-state index in [-0.39, 0.29) is 5.91 Å². The average Bonchev–Trinajstić information content (AvgIpc) is 3.33. The number of hydrogen-bond donors (Lipinski definition) is 1. The quantitative estimate of drug-likeness (QED) is 0.554. The minimum absolute atomic E-state index is 0.158. The van der Waals surface area contributed by atoms with E-state index in [1.165, 1.54) is 17.7 Å². The first-order valence-corrected chi connectivity index (χ1v) is 8.85. The predicted molar refractivity (Wildman–Crippen MR) is 102 cm³/mol. The minimum atomic E-state index is -0.158. The van der Waals surface area contributed by atoms with Crippen LogP contribution in [0.25, 0.3) is 21.9 Å². The molecule has 6 heteroatoms. The second-order valence-corrected chi connectivity index (χ2v) is 6.70. The van der Waals surface area contributed by atoms with Gasteiger partial charge in [0.1, 0.15) is 9.88 Å². The van der Waals surface area contributed by atoms with E-state index in [1.54, 1.807) is 6.20 Å². The summed E-state index contributed by atoms with van der Waals surface area (Å²) in [5.74, 6) is 0.531. The first-order chi connectivity index (χ1) is 12.7. The Morgan fingerprint density at radius 3 is 2.50 bits per heavy atom. The third kappa shape index (κ3) is 3.27. The normalized spacial score (nSPS) is 10.7. The van der Waals surface area contributed by atoms with Crippen LogP contribution in [-0.2, 0) is 0 Å². The van der Waals surface area contributed by atoms with E-state index in [4.69, 9.17) is 4.42 Å². The number of aromatic nitrogens is 2. The zero-order valence-corrected chi connectivity index (χ0v) is 14.8. The lowest BCUT2D eigenvalue weighted by atomic mass is 10.1. The monoisotopic (exact) mass is 361 g/mol. The number of carbonyl (C=O) groups excluding carboxylic acids is 1. The van der Waals surface area contributed by atoms with Crippen LogP contribution in [0.4, 0.5) is 5.69 Å². The minimum Gasteiger partial charge on any atom is -0.444 e. The van der Waals surface area contributed by atoms with E-state index in [9.17, 15) is 4.79 Å². The van der Waals surface area contributed by atoms with E-state index >= 15 is 0 Å². The van der Waals surface area contributed by atoms with Gasteiger partial charge in [-0.25, -0.2) is 9.97 Å². The van der Waals surface area contributed by atoms with Crippen LogP contribution < -0.4 is 5.32 Å². The first kappa shape index (κ1) is 16.2. The third-order valence-electron chi connectivity index (χ3n) is 3.88. The summed E-state index contributed by atoms with van der Waals surface area (Å²) in [4.78, 5) is 21.7. The zero-order valence-electron chi connectivity index (χ0n) is 14.0. The van der Waals surface area contributed by atoms with Gasteiger partial charge in [-0.1, -0.05) is 30.3 Å². The largest absolute Gasteiger partial charge is 0.444 e. The van der Waals surface area contributed by atoms with Crippen molar-refractivity contribution in [3.8, 4) is 21.9 Å². The highest BCUT2D eigenvalue weighted by atomic mass is 32.1. The highest BCUT2D eigenvalue weighted by Gasteiger charge is 2.16. The molecule has 5 nitrogen and oxygen atoms in total. The molecule has 0 spiro atoms. The molecule has 0 atom stereocenters. The lowest BCUT2D eigenvalue weighted by Gasteiger charge is -2.04. The van der Waals surface area contributed by atoms with E-state index in [0.717, 1.165) is 21.8 Å². The van der Waals surface area contributed by atoms with E-state index in [2.05, 4.69) is 15.3 Å². The fraction of sp³-hybridized carbons (Fsp3) is 0.0500. The number of aryl methyl sites for hydroxylation is 1. The van der Waals surface area contributed by atoms with Crippen molar-refractivity contribution in [3.63, 3.8) is 0 Å². The van der Waals surface area contributed by atoms with Gasteiger partial charge in [-0.2, -0.15) is 0 Å². The Morgan fingerprint density at radius 1 is 1.04 bits per heavy atom. The number of nitrogens with zero attached hydrogens (tertiary/aromatic N) is 2. The topological polar surface area (TPSA) is 68.0 Å². The third-order valence-corrected chi connectivity index (χ3v) is 5.09. The molecule has 0 saturated carbocycles. The maximum Gasteiger partial charge on any atom is 0.267 e. The molecule has 0 unspecified atom stereocenters. The number of hydrogen-bond acceptors (Lipinski definition) is 5.